The highest BCUT2D eigenvalue weighted by Gasteiger charge is 2.09. The number of benzene rings is 2. The number of halogens is 1. The Bertz CT molecular complexity index is 867. The Morgan fingerprint density at radius 3 is 2.67 bits per heavy atom. The quantitative estimate of drug-likeness (QED) is 0.624. The number of para-hydroxylation sites is 1. The average molecular weight is 276 g/mol. The highest BCUT2D eigenvalue weighted by Crippen LogP contribution is 2.27. The normalized spacial score (nSPS) is 11.6. The van der Waals surface area contributed by atoms with Crippen LogP contribution in [0.15, 0.2) is 60.3 Å². The van der Waals surface area contributed by atoms with E-state index in [9.17, 15) is 4.39 Å². The molecular formula is C18H13FN2. The minimum Gasteiger partial charge on any atom is -0.316 e. The van der Waals surface area contributed by atoms with Crippen LogP contribution in [-0.4, -0.2) is 4.57 Å². The molecule has 0 aliphatic rings. The maximum absolute atomic E-state index is 13.6. The number of nitriles is 1. The molecule has 0 fully saturated rings. The second kappa shape index (κ2) is 5.26. The van der Waals surface area contributed by atoms with Crippen LogP contribution in [-0.2, 0) is 0 Å². The third kappa shape index (κ3) is 2.44. The van der Waals surface area contributed by atoms with Crippen LogP contribution in [0.1, 0.15) is 12.5 Å². The van der Waals surface area contributed by atoms with Gasteiger partial charge in [0.1, 0.15) is 5.82 Å². The van der Waals surface area contributed by atoms with Gasteiger partial charge in [-0.25, -0.2) is 4.39 Å². The lowest BCUT2D eigenvalue weighted by Gasteiger charge is -2.04. The van der Waals surface area contributed by atoms with E-state index in [-0.39, 0.29) is 5.82 Å². The lowest BCUT2D eigenvalue weighted by Crippen LogP contribution is -1.90. The Balaban J connectivity index is 2.30. The minimum atomic E-state index is -0.280. The summed E-state index contributed by atoms with van der Waals surface area (Å²) >= 11 is 0. The minimum absolute atomic E-state index is 0.280. The molecule has 0 N–H and O–H groups in total. The van der Waals surface area contributed by atoms with Gasteiger partial charge in [-0.1, -0.05) is 18.2 Å². The molecule has 3 aromatic rings. The second-order valence-corrected chi connectivity index (χ2v) is 4.89. The third-order valence-corrected chi connectivity index (χ3v) is 3.38. The number of hydrogen-bond acceptors (Lipinski definition) is 1. The molecule has 1 heterocycles. The van der Waals surface area contributed by atoms with E-state index in [0.717, 1.165) is 22.2 Å². The molecule has 0 radical (unpaired) electrons. The van der Waals surface area contributed by atoms with Crippen molar-refractivity contribution >= 4 is 17.0 Å². The van der Waals surface area contributed by atoms with Crippen molar-refractivity contribution in [2.45, 2.75) is 6.92 Å². The van der Waals surface area contributed by atoms with Crippen LogP contribution in [0.25, 0.3) is 22.7 Å². The number of rotatable bonds is 2. The van der Waals surface area contributed by atoms with E-state index in [2.05, 4.69) is 6.07 Å². The third-order valence-electron chi connectivity index (χ3n) is 3.38. The molecule has 0 spiro atoms. The van der Waals surface area contributed by atoms with Crippen molar-refractivity contribution in [1.82, 2.24) is 4.57 Å². The van der Waals surface area contributed by atoms with Crippen molar-refractivity contribution in [3.8, 4) is 11.8 Å². The van der Waals surface area contributed by atoms with E-state index in [4.69, 9.17) is 5.26 Å². The summed E-state index contributed by atoms with van der Waals surface area (Å²) in [6, 6.07) is 16.7. The van der Waals surface area contributed by atoms with E-state index in [1.54, 1.807) is 19.1 Å². The Kier molecular flexibility index (Phi) is 3.29. The lowest BCUT2D eigenvalue weighted by molar-refractivity contribution is 0.629. The van der Waals surface area contributed by atoms with Crippen LogP contribution in [0.5, 0.6) is 0 Å². The van der Waals surface area contributed by atoms with Crippen molar-refractivity contribution in [2.75, 3.05) is 0 Å². The Labute approximate surface area is 122 Å². The Morgan fingerprint density at radius 2 is 1.95 bits per heavy atom. The second-order valence-electron chi connectivity index (χ2n) is 4.89. The molecule has 3 heteroatoms. The molecule has 102 valence electrons. The number of allylic oxidation sites excluding steroid dienone is 1. The molecule has 2 aromatic carbocycles. The van der Waals surface area contributed by atoms with Gasteiger partial charge in [0.25, 0.3) is 0 Å². The van der Waals surface area contributed by atoms with Crippen molar-refractivity contribution in [1.29, 1.82) is 5.26 Å². The van der Waals surface area contributed by atoms with Gasteiger partial charge in [0.2, 0.25) is 0 Å². The average Bonchev–Trinajstić information content (AvgIpc) is 2.86. The topological polar surface area (TPSA) is 28.7 Å². The number of fused-ring (bicyclic) bond motifs is 1. The molecule has 3 rings (SSSR count). The van der Waals surface area contributed by atoms with Crippen LogP contribution in [0.2, 0.25) is 0 Å². The lowest BCUT2D eigenvalue weighted by atomic mass is 10.1. The zero-order valence-electron chi connectivity index (χ0n) is 11.5. The molecule has 0 amide bonds. The van der Waals surface area contributed by atoms with E-state index in [0.29, 0.717) is 5.57 Å². The van der Waals surface area contributed by atoms with Crippen molar-refractivity contribution in [3.63, 3.8) is 0 Å². The van der Waals surface area contributed by atoms with Gasteiger partial charge in [-0.05, 0) is 43.3 Å². The van der Waals surface area contributed by atoms with Crippen LogP contribution >= 0.6 is 0 Å². The standard InChI is InChI=1S/C18H13FN2/c1-13(11-20)9-14-12-21(16-5-3-2-4-6-16)18-8-7-15(19)10-17(14)18/h2-10,12H,1H3/b13-9-. The SMILES string of the molecule is C/C(C#N)=C/c1cn(-c2ccccc2)c2ccc(F)cc12. The smallest absolute Gasteiger partial charge is 0.123 e. The summed E-state index contributed by atoms with van der Waals surface area (Å²) in [5, 5.41) is 9.75. The largest absolute Gasteiger partial charge is 0.316 e. The Morgan fingerprint density at radius 1 is 1.19 bits per heavy atom. The fourth-order valence-electron chi connectivity index (χ4n) is 2.41. The zero-order chi connectivity index (χ0) is 14.8. The number of aromatic nitrogens is 1. The summed E-state index contributed by atoms with van der Waals surface area (Å²) in [6.45, 7) is 1.74. The molecule has 2 nitrogen and oxygen atoms in total. The van der Waals surface area contributed by atoms with E-state index >= 15 is 0 Å². The van der Waals surface area contributed by atoms with E-state index in [1.165, 1.54) is 12.1 Å². The molecule has 0 saturated heterocycles. The molecular weight excluding hydrogens is 263 g/mol. The zero-order valence-corrected chi connectivity index (χ0v) is 11.5. The monoisotopic (exact) mass is 276 g/mol. The highest BCUT2D eigenvalue weighted by atomic mass is 19.1. The Hall–Kier alpha value is -2.86. The fraction of sp³-hybridized carbons (Fsp3) is 0.0556. The van der Waals surface area contributed by atoms with Gasteiger partial charge in [-0.15, -0.1) is 0 Å². The van der Waals surface area contributed by atoms with Gasteiger partial charge in [0.05, 0.1) is 11.6 Å². The fourth-order valence-corrected chi connectivity index (χ4v) is 2.41. The van der Waals surface area contributed by atoms with Crippen LogP contribution in [0.3, 0.4) is 0 Å². The van der Waals surface area contributed by atoms with Gasteiger partial charge in [-0.2, -0.15) is 5.26 Å². The number of nitrogens with zero attached hydrogens (tertiary/aromatic N) is 2. The first-order valence-electron chi connectivity index (χ1n) is 6.63. The molecule has 0 bridgehead atoms. The summed E-state index contributed by atoms with van der Waals surface area (Å²) in [5.74, 6) is -0.280. The predicted octanol–water partition coefficient (Wildman–Crippen LogP) is 4.70. The van der Waals surface area contributed by atoms with Gasteiger partial charge >= 0.3 is 0 Å². The van der Waals surface area contributed by atoms with Crippen molar-refractivity contribution in [2.24, 2.45) is 0 Å². The highest BCUT2D eigenvalue weighted by molar-refractivity contribution is 5.91. The first-order valence-corrected chi connectivity index (χ1v) is 6.63. The maximum Gasteiger partial charge on any atom is 0.123 e. The van der Waals surface area contributed by atoms with Gasteiger partial charge in [-0.3, -0.25) is 0 Å². The first-order chi connectivity index (χ1) is 10.2. The summed E-state index contributed by atoms with van der Waals surface area (Å²) < 4.78 is 15.6. The van der Waals surface area contributed by atoms with Crippen LogP contribution < -0.4 is 0 Å². The maximum atomic E-state index is 13.6. The van der Waals surface area contributed by atoms with Crippen molar-refractivity contribution < 1.29 is 4.39 Å². The predicted molar refractivity (Wildman–Crippen MR) is 82.5 cm³/mol. The molecule has 21 heavy (non-hydrogen) atoms. The summed E-state index contributed by atoms with van der Waals surface area (Å²) in [7, 11) is 0. The van der Waals surface area contributed by atoms with E-state index in [1.807, 2.05) is 41.1 Å². The molecule has 0 aliphatic heterocycles. The van der Waals surface area contributed by atoms with Gasteiger partial charge < -0.3 is 4.57 Å². The summed E-state index contributed by atoms with van der Waals surface area (Å²) in [6.07, 6.45) is 3.71. The summed E-state index contributed by atoms with van der Waals surface area (Å²) in [5.41, 5.74) is 3.35. The first kappa shape index (κ1) is 13.1. The molecule has 1 aromatic heterocycles. The molecule has 0 atom stereocenters. The molecule has 0 unspecified atom stereocenters. The van der Waals surface area contributed by atoms with Crippen LogP contribution in [0.4, 0.5) is 4.39 Å². The summed E-state index contributed by atoms with van der Waals surface area (Å²) in [4.78, 5) is 0. The van der Waals surface area contributed by atoms with Crippen molar-refractivity contribution in [3.05, 3.63) is 71.7 Å². The number of hydrogen-bond donors (Lipinski definition) is 0. The molecule has 0 saturated carbocycles. The van der Waals surface area contributed by atoms with Crippen LogP contribution in [0, 0.1) is 17.1 Å². The molecule has 0 aliphatic carbocycles. The van der Waals surface area contributed by atoms with E-state index < -0.39 is 0 Å². The van der Waals surface area contributed by atoms with Gasteiger partial charge in [0, 0.05) is 28.4 Å². The van der Waals surface area contributed by atoms with Gasteiger partial charge in [0.15, 0.2) is 0 Å².